The highest BCUT2D eigenvalue weighted by molar-refractivity contribution is 5.64. The van der Waals surface area contributed by atoms with Crippen molar-refractivity contribution in [2.75, 3.05) is 11.9 Å². The second kappa shape index (κ2) is 5.31. The van der Waals surface area contributed by atoms with E-state index in [1.54, 1.807) is 0 Å². The fourth-order valence-corrected chi connectivity index (χ4v) is 1.99. The maximum atomic E-state index is 5.75. The van der Waals surface area contributed by atoms with E-state index in [9.17, 15) is 0 Å². The molecule has 0 saturated heterocycles. The van der Waals surface area contributed by atoms with Crippen molar-refractivity contribution in [3.63, 3.8) is 0 Å². The van der Waals surface area contributed by atoms with Crippen LogP contribution in [-0.4, -0.2) is 17.6 Å². The molecule has 3 nitrogen and oxygen atoms in total. The highest BCUT2D eigenvalue weighted by Gasteiger charge is 2.23. The molecule has 1 aromatic carbocycles. The van der Waals surface area contributed by atoms with E-state index in [-0.39, 0.29) is 0 Å². The van der Waals surface area contributed by atoms with Gasteiger partial charge in [0.1, 0.15) is 5.75 Å². The molecule has 0 bridgehead atoms. The average Bonchev–Trinajstić information content (AvgIpc) is 3.24. The monoisotopic (exact) mass is 254 g/mol. The van der Waals surface area contributed by atoms with E-state index < -0.39 is 0 Å². The van der Waals surface area contributed by atoms with Gasteiger partial charge < -0.3 is 10.1 Å². The van der Waals surface area contributed by atoms with E-state index in [1.807, 2.05) is 24.4 Å². The van der Waals surface area contributed by atoms with E-state index in [2.05, 4.69) is 35.4 Å². The number of anilines is 1. The van der Waals surface area contributed by atoms with Gasteiger partial charge in [-0.05, 0) is 56.2 Å². The van der Waals surface area contributed by atoms with E-state index in [0.29, 0.717) is 6.10 Å². The molecule has 0 unspecified atom stereocenters. The summed E-state index contributed by atoms with van der Waals surface area (Å²) in [5, 5.41) is 3.30. The van der Waals surface area contributed by atoms with Crippen molar-refractivity contribution in [3.8, 4) is 17.0 Å². The molecule has 98 valence electrons. The van der Waals surface area contributed by atoms with Gasteiger partial charge in [-0.15, -0.1) is 0 Å². The van der Waals surface area contributed by atoms with E-state index >= 15 is 0 Å². The number of pyridine rings is 1. The van der Waals surface area contributed by atoms with Crippen molar-refractivity contribution < 1.29 is 4.74 Å². The molecule has 0 atom stereocenters. The van der Waals surface area contributed by atoms with Crippen molar-refractivity contribution in [1.82, 2.24) is 4.98 Å². The Morgan fingerprint density at radius 3 is 2.68 bits per heavy atom. The number of rotatable bonds is 5. The van der Waals surface area contributed by atoms with E-state index in [1.165, 1.54) is 12.8 Å². The van der Waals surface area contributed by atoms with Crippen molar-refractivity contribution in [1.29, 1.82) is 0 Å². The molecule has 2 aromatic rings. The SMILES string of the molecule is CCNc1ccnc(-c2ccc(OC3CC3)cc2)c1. The van der Waals surface area contributed by atoms with Gasteiger partial charge in [-0.2, -0.15) is 0 Å². The zero-order valence-corrected chi connectivity index (χ0v) is 11.1. The Labute approximate surface area is 113 Å². The lowest BCUT2D eigenvalue weighted by Gasteiger charge is -2.07. The number of ether oxygens (including phenoxy) is 1. The second-order valence-electron chi connectivity index (χ2n) is 4.80. The molecule has 1 saturated carbocycles. The Morgan fingerprint density at radius 1 is 1.21 bits per heavy atom. The first-order chi connectivity index (χ1) is 9.35. The summed E-state index contributed by atoms with van der Waals surface area (Å²) in [6.45, 7) is 3.00. The van der Waals surface area contributed by atoms with Crippen molar-refractivity contribution in [3.05, 3.63) is 42.6 Å². The van der Waals surface area contributed by atoms with Gasteiger partial charge in [-0.3, -0.25) is 4.98 Å². The summed E-state index contributed by atoms with van der Waals surface area (Å²) in [4.78, 5) is 4.41. The van der Waals surface area contributed by atoms with Crippen LogP contribution in [0.2, 0.25) is 0 Å². The van der Waals surface area contributed by atoms with E-state index in [0.717, 1.165) is 29.2 Å². The summed E-state index contributed by atoms with van der Waals surface area (Å²) >= 11 is 0. The summed E-state index contributed by atoms with van der Waals surface area (Å²) in [6, 6.07) is 12.2. The quantitative estimate of drug-likeness (QED) is 0.883. The number of benzene rings is 1. The third-order valence-corrected chi connectivity index (χ3v) is 3.12. The van der Waals surface area contributed by atoms with Gasteiger partial charge in [0.15, 0.2) is 0 Å². The van der Waals surface area contributed by atoms with Crippen LogP contribution in [0.5, 0.6) is 5.75 Å². The molecular formula is C16H18N2O. The first kappa shape index (κ1) is 12.0. The average molecular weight is 254 g/mol. The second-order valence-corrected chi connectivity index (χ2v) is 4.80. The molecular weight excluding hydrogens is 236 g/mol. The first-order valence-electron chi connectivity index (χ1n) is 6.82. The maximum absolute atomic E-state index is 5.75. The molecule has 3 heteroatoms. The number of aromatic nitrogens is 1. The highest BCUT2D eigenvalue weighted by atomic mass is 16.5. The van der Waals surface area contributed by atoms with Crippen molar-refractivity contribution in [2.45, 2.75) is 25.9 Å². The third-order valence-electron chi connectivity index (χ3n) is 3.12. The van der Waals surface area contributed by atoms with Gasteiger partial charge in [-0.25, -0.2) is 0 Å². The molecule has 1 aliphatic carbocycles. The normalized spacial score (nSPS) is 14.2. The van der Waals surface area contributed by atoms with Crippen LogP contribution >= 0.6 is 0 Å². The first-order valence-corrected chi connectivity index (χ1v) is 6.82. The Balaban J connectivity index is 1.78. The smallest absolute Gasteiger partial charge is 0.119 e. The van der Waals surface area contributed by atoms with E-state index in [4.69, 9.17) is 4.74 Å². The lowest BCUT2D eigenvalue weighted by Crippen LogP contribution is -1.97. The molecule has 19 heavy (non-hydrogen) atoms. The van der Waals surface area contributed by atoms with Gasteiger partial charge in [-0.1, -0.05) is 0 Å². The Bertz CT molecular complexity index is 547. The highest BCUT2D eigenvalue weighted by Crippen LogP contribution is 2.28. The van der Waals surface area contributed by atoms with Gasteiger partial charge in [0.05, 0.1) is 11.8 Å². The fourth-order valence-electron chi connectivity index (χ4n) is 1.99. The van der Waals surface area contributed by atoms with Crippen LogP contribution < -0.4 is 10.1 Å². The van der Waals surface area contributed by atoms with Crippen LogP contribution in [0.25, 0.3) is 11.3 Å². The summed E-state index contributed by atoms with van der Waals surface area (Å²) in [5.74, 6) is 0.953. The van der Waals surface area contributed by atoms with Crippen LogP contribution in [0.3, 0.4) is 0 Å². The zero-order chi connectivity index (χ0) is 13.1. The van der Waals surface area contributed by atoms with Crippen LogP contribution in [0, 0.1) is 0 Å². The summed E-state index contributed by atoms with van der Waals surface area (Å²) < 4.78 is 5.75. The standard InChI is InChI=1S/C16H18N2O/c1-2-17-13-9-10-18-16(11-13)12-3-5-14(6-4-12)19-15-7-8-15/h3-6,9-11,15H,2,7-8H2,1H3,(H,17,18). The fraction of sp³-hybridized carbons (Fsp3) is 0.312. The third kappa shape index (κ3) is 3.05. The predicted octanol–water partition coefficient (Wildman–Crippen LogP) is 3.72. The van der Waals surface area contributed by atoms with Crippen LogP contribution in [0.1, 0.15) is 19.8 Å². The topological polar surface area (TPSA) is 34.2 Å². The zero-order valence-electron chi connectivity index (χ0n) is 11.1. The minimum atomic E-state index is 0.445. The Hall–Kier alpha value is -2.03. The summed E-state index contributed by atoms with van der Waals surface area (Å²) in [7, 11) is 0. The summed E-state index contributed by atoms with van der Waals surface area (Å²) in [5.41, 5.74) is 3.20. The number of hydrogen-bond acceptors (Lipinski definition) is 3. The molecule has 0 amide bonds. The molecule has 3 rings (SSSR count). The maximum Gasteiger partial charge on any atom is 0.119 e. The largest absolute Gasteiger partial charge is 0.490 e. The number of hydrogen-bond donors (Lipinski definition) is 1. The molecule has 0 aliphatic heterocycles. The van der Waals surface area contributed by atoms with Gasteiger partial charge >= 0.3 is 0 Å². The predicted molar refractivity (Wildman–Crippen MR) is 77.5 cm³/mol. The van der Waals surface area contributed by atoms with Crippen LogP contribution in [-0.2, 0) is 0 Å². The molecule has 1 aliphatic rings. The Morgan fingerprint density at radius 2 is 2.00 bits per heavy atom. The molecule has 1 N–H and O–H groups in total. The minimum Gasteiger partial charge on any atom is -0.490 e. The number of nitrogens with one attached hydrogen (secondary N) is 1. The Kier molecular flexibility index (Phi) is 3.36. The van der Waals surface area contributed by atoms with Crippen molar-refractivity contribution in [2.24, 2.45) is 0 Å². The van der Waals surface area contributed by atoms with Crippen molar-refractivity contribution >= 4 is 5.69 Å². The number of nitrogens with zero attached hydrogens (tertiary/aromatic N) is 1. The molecule has 1 aromatic heterocycles. The molecule has 0 radical (unpaired) electrons. The lowest BCUT2D eigenvalue weighted by molar-refractivity contribution is 0.303. The molecule has 0 spiro atoms. The van der Waals surface area contributed by atoms with Gasteiger partial charge in [0.25, 0.3) is 0 Å². The minimum absolute atomic E-state index is 0.445. The van der Waals surface area contributed by atoms with Crippen LogP contribution in [0.4, 0.5) is 5.69 Å². The van der Waals surface area contributed by atoms with Gasteiger partial charge in [0.2, 0.25) is 0 Å². The summed E-state index contributed by atoms with van der Waals surface area (Å²) in [6.07, 6.45) is 4.66. The molecule has 1 heterocycles. The molecule has 1 fully saturated rings. The lowest BCUT2D eigenvalue weighted by atomic mass is 10.1. The van der Waals surface area contributed by atoms with Crippen LogP contribution in [0.15, 0.2) is 42.6 Å². The van der Waals surface area contributed by atoms with Gasteiger partial charge in [0, 0.05) is 24.0 Å².